The van der Waals surface area contributed by atoms with Gasteiger partial charge in [-0.3, -0.25) is 9.59 Å². The molecule has 0 aromatic carbocycles. The summed E-state index contributed by atoms with van der Waals surface area (Å²) >= 11 is 0. The van der Waals surface area contributed by atoms with Crippen molar-refractivity contribution in [2.24, 2.45) is 33.5 Å². The smallest absolute Gasteiger partial charge is 0.309 e. The van der Waals surface area contributed by atoms with E-state index < -0.39 is 22.9 Å². The molecule has 1 spiro atoms. The van der Waals surface area contributed by atoms with Crippen LogP contribution in [0.5, 0.6) is 0 Å². The van der Waals surface area contributed by atoms with Gasteiger partial charge in [-0.15, -0.1) is 0 Å². The third-order valence-electron chi connectivity index (χ3n) is 9.08. The fraction of sp³-hybridized carbons (Fsp3) is 0.900. The number of carbonyl (C=O) groups is 2. The first-order valence-corrected chi connectivity index (χ1v) is 9.56. The van der Waals surface area contributed by atoms with Crippen molar-refractivity contribution in [3.8, 4) is 0 Å². The minimum absolute atomic E-state index is 0.0728. The molecule has 0 saturated heterocycles. The molecule has 0 aromatic rings. The monoisotopic (exact) mass is 334 g/mol. The molecule has 0 amide bonds. The first-order valence-electron chi connectivity index (χ1n) is 9.56. The lowest BCUT2D eigenvalue weighted by atomic mass is 9.40. The molecular weight excluding hydrogens is 304 g/mol. The summed E-state index contributed by atoms with van der Waals surface area (Å²) < 4.78 is 0. The van der Waals surface area contributed by atoms with Gasteiger partial charge in [-0.05, 0) is 62.7 Å². The van der Waals surface area contributed by atoms with Gasteiger partial charge in [0.05, 0.1) is 16.9 Å². The van der Waals surface area contributed by atoms with Crippen molar-refractivity contribution in [1.29, 1.82) is 0 Å². The molecule has 4 rings (SSSR count). The highest BCUT2D eigenvalue weighted by atomic mass is 16.4. The first kappa shape index (κ1) is 16.6. The highest BCUT2D eigenvalue weighted by Crippen LogP contribution is 2.72. The van der Waals surface area contributed by atoms with Crippen LogP contribution in [0.2, 0.25) is 0 Å². The Hall–Kier alpha value is -0.900. The Morgan fingerprint density at radius 1 is 1.04 bits per heavy atom. The Balaban J connectivity index is 1.79. The summed E-state index contributed by atoms with van der Waals surface area (Å²) in [5.41, 5.74) is -1.60. The molecule has 0 aromatic heterocycles. The number of carbonyl (C=O) groups excluding carboxylic acids is 1. The van der Waals surface area contributed by atoms with Crippen LogP contribution in [0.25, 0.3) is 0 Å². The number of aliphatic hydroxyl groups excluding tert-OH is 1. The van der Waals surface area contributed by atoms with Gasteiger partial charge < -0.3 is 10.2 Å². The van der Waals surface area contributed by atoms with Crippen LogP contribution < -0.4 is 0 Å². The van der Waals surface area contributed by atoms with Crippen LogP contribution in [-0.2, 0) is 9.59 Å². The maximum absolute atomic E-state index is 12.7. The number of ketones is 1. The van der Waals surface area contributed by atoms with Gasteiger partial charge in [-0.2, -0.15) is 0 Å². The zero-order chi connectivity index (χ0) is 17.5. The van der Waals surface area contributed by atoms with Crippen LogP contribution in [0.1, 0.15) is 72.1 Å². The summed E-state index contributed by atoms with van der Waals surface area (Å²) in [6, 6.07) is 0. The summed E-state index contributed by atoms with van der Waals surface area (Å²) in [5, 5.41) is 21.0. The molecule has 4 fully saturated rings. The molecule has 2 bridgehead atoms. The van der Waals surface area contributed by atoms with Crippen LogP contribution in [-0.4, -0.2) is 28.1 Å². The van der Waals surface area contributed by atoms with Crippen molar-refractivity contribution < 1.29 is 19.8 Å². The second kappa shape index (κ2) is 4.63. The van der Waals surface area contributed by atoms with E-state index in [0.717, 1.165) is 44.9 Å². The molecule has 24 heavy (non-hydrogen) atoms. The average molecular weight is 334 g/mol. The summed E-state index contributed by atoms with van der Waals surface area (Å²) in [7, 11) is 0. The lowest BCUT2D eigenvalue weighted by Gasteiger charge is -2.64. The van der Waals surface area contributed by atoms with Crippen molar-refractivity contribution in [2.45, 2.75) is 78.2 Å². The van der Waals surface area contributed by atoms with Crippen LogP contribution in [0.3, 0.4) is 0 Å². The predicted octanol–water partition coefficient (Wildman–Crippen LogP) is 3.41. The van der Waals surface area contributed by atoms with E-state index in [1.54, 1.807) is 0 Å². The van der Waals surface area contributed by atoms with E-state index in [4.69, 9.17) is 0 Å². The molecule has 4 heteroatoms. The number of aliphatic carboxylic acids is 1. The Labute approximate surface area is 144 Å². The van der Waals surface area contributed by atoms with E-state index in [2.05, 4.69) is 6.92 Å². The van der Waals surface area contributed by atoms with Gasteiger partial charge in [0.1, 0.15) is 5.78 Å². The van der Waals surface area contributed by atoms with Crippen molar-refractivity contribution in [2.75, 3.05) is 0 Å². The maximum Gasteiger partial charge on any atom is 0.309 e. The third kappa shape index (κ3) is 1.64. The molecule has 0 radical (unpaired) electrons. The highest BCUT2D eigenvalue weighted by molar-refractivity contribution is 5.89. The van der Waals surface area contributed by atoms with E-state index in [9.17, 15) is 19.8 Å². The van der Waals surface area contributed by atoms with Gasteiger partial charge in [0.15, 0.2) is 0 Å². The minimum Gasteiger partial charge on any atom is -0.481 e. The third-order valence-corrected chi connectivity index (χ3v) is 9.08. The van der Waals surface area contributed by atoms with Gasteiger partial charge in [-0.25, -0.2) is 0 Å². The van der Waals surface area contributed by atoms with E-state index in [-0.39, 0.29) is 28.4 Å². The second-order valence-corrected chi connectivity index (χ2v) is 9.92. The van der Waals surface area contributed by atoms with Crippen molar-refractivity contribution in [3.63, 3.8) is 0 Å². The van der Waals surface area contributed by atoms with E-state index in [1.807, 2.05) is 13.8 Å². The summed E-state index contributed by atoms with van der Waals surface area (Å²) in [5.74, 6) is -0.00851. The standard InChI is InChI=1S/C20H30O4/c1-17-7-4-8-18(2,16(23)24)12(17)6-10-20-11-14(21)19(3,15(20)22)9-5-13(17)20/h12-13,15,22H,4-11H2,1-3H3,(H,23,24)/t12-,13-,15-,17+,18+,19+,20+/m0/s1. The molecule has 134 valence electrons. The summed E-state index contributed by atoms with van der Waals surface area (Å²) in [6.07, 6.45) is 6.02. The fourth-order valence-electron chi connectivity index (χ4n) is 7.74. The molecule has 4 nitrogen and oxygen atoms in total. The second-order valence-electron chi connectivity index (χ2n) is 9.92. The number of carboxylic acid groups (broad SMARTS) is 1. The zero-order valence-corrected chi connectivity index (χ0v) is 15.1. The number of fused-ring (bicyclic) bond motifs is 3. The molecule has 0 aliphatic heterocycles. The number of carboxylic acids is 1. The molecule has 0 heterocycles. The number of hydrogen-bond donors (Lipinski definition) is 2. The minimum atomic E-state index is -0.668. The Kier molecular flexibility index (Phi) is 3.19. The molecule has 4 aliphatic rings. The van der Waals surface area contributed by atoms with E-state index >= 15 is 0 Å². The summed E-state index contributed by atoms with van der Waals surface area (Å²) in [4.78, 5) is 24.7. The Morgan fingerprint density at radius 2 is 1.71 bits per heavy atom. The van der Waals surface area contributed by atoms with Gasteiger partial charge in [0.2, 0.25) is 0 Å². The Morgan fingerprint density at radius 3 is 2.38 bits per heavy atom. The normalized spacial score (nSPS) is 56.5. The van der Waals surface area contributed by atoms with Crippen LogP contribution in [0, 0.1) is 33.5 Å². The topological polar surface area (TPSA) is 74.6 Å². The molecule has 0 unspecified atom stereocenters. The SMILES string of the molecule is C[C@@]12CCC[C@@](C)(C(=O)O)[C@H]1CC[C@@]13CC(=O)[C@@](C)(CC[C@@H]21)[C@@H]3O. The molecule has 7 atom stereocenters. The highest BCUT2D eigenvalue weighted by Gasteiger charge is 2.72. The van der Waals surface area contributed by atoms with Crippen LogP contribution >= 0.6 is 0 Å². The molecule has 2 N–H and O–H groups in total. The van der Waals surface area contributed by atoms with Crippen LogP contribution in [0.15, 0.2) is 0 Å². The van der Waals surface area contributed by atoms with Gasteiger partial charge >= 0.3 is 5.97 Å². The van der Waals surface area contributed by atoms with Crippen molar-refractivity contribution in [1.82, 2.24) is 0 Å². The first-order chi connectivity index (χ1) is 11.1. The van der Waals surface area contributed by atoms with Crippen LogP contribution in [0.4, 0.5) is 0 Å². The number of hydrogen-bond acceptors (Lipinski definition) is 3. The largest absolute Gasteiger partial charge is 0.481 e. The van der Waals surface area contributed by atoms with E-state index in [0.29, 0.717) is 6.42 Å². The lowest BCUT2D eigenvalue weighted by Crippen LogP contribution is -2.62. The van der Waals surface area contributed by atoms with Gasteiger partial charge in [-0.1, -0.05) is 20.3 Å². The number of aliphatic hydroxyl groups is 1. The molecule has 4 saturated carbocycles. The number of Topliss-reactive ketones (excluding diaryl/α,β-unsaturated/α-hetero) is 1. The molecule has 4 aliphatic carbocycles. The predicted molar refractivity (Wildman–Crippen MR) is 89.3 cm³/mol. The number of rotatable bonds is 1. The Bertz CT molecular complexity index is 615. The average Bonchev–Trinajstić information content (AvgIpc) is 2.62. The zero-order valence-electron chi connectivity index (χ0n) is 15.1. The van der Waals surface area contributed by atoms with Gasteiger partial charge in [0, 0.05) is 11.8 Å². The maximum atomic E-state index is 12.7. The van der Waals surface area contributed by atoms with Gasteiger partial charge in [0.25, 0.3) is 0 Å². The lowest BCUT2D eigenvalue weighted by molar-refractivity contribution is -0.205. The quantitative estimate of drug-likeness (QED) is 0.770. The summed E-state index contributed by atoms with van der Waals surface area (Å²) in [6.45, 7) is 6.14. The van der Waals surface area contributed by atoms with Crippen molar-refractivity contribution in [3.05, 3.63) is 0 Å². The van der Waals surface area contributed by atoms with E-state index in [1.165, 1.54) is 0 Å². The fourth-order valence-corrected chi connectivity index (χ4v) is 7.74. The van der Waals surface area contributed by atoms with Crippen molar-refractivity contribution >= 4 is 11.8 Å². The molecular formula is C20H30O4.